The van der Waals surface area contributed by atoms with Crippen molar-refractivity contribution in [2.75, 3.05) is 0 Å². The predicted octanol–water partition coefficient (Wildman–Crippen LogP) is 4.81. The van der Waals surface area contributed by atoms with Crippen LogP contribution in [0.25, 0.3) is 0 Å². The van der Waals surface area contributed by atoms with Gasteiger partial charge in [-0.05, 0) is 59.3 Å². The van der Waals surface area contributed by atoms with E-state index in [9.17, 15) is 4.79 Å². The average molecular weight is 335 g/mol. The first-order valence-corrected chi connectivity index (χ1v) is 8.13. The molecule has 1 nitrogen and oxygen atoms in total. The summed E-state index contributed by atoms with van der Waals surface area (Å²) in [4.78, 5) is 14.7. The monoisotopic (exact) mass is 334 g/mol. The van der Waals surface area contributed by atoms with Crippen LogP contribution >= 0.6 is 27.3 Å². The van der Waals surface area contributed by atoms with Crippen LogP contribution in [0.4, 0.5) is 0 Å². The molecule has 1 aliphatic carbocycles. The Balaban J connectivity index is 1.85. The summed E-state index contributed by atoms with van der Waals surface area (Å²) in [7, 11) is 0. The summed E-state index contributed by atoms with van der Waals surface area (Å²) in [5.41, 5.74) is 2.75. The normalized spacial score (nSPS) is 18.1. The van der Waals surface area contributed by atoms with Crippen LogP contribution in [0.2, 0.25) is 0 Å². The van der Waals surface area contributed by atoms with E-state index in [0.29, 0.717) is 5.78 Å². The van der Waals surface area contributed by atoms with Crippen molar-refractivity contribution in [3.8, 4) is 0 Å². The van der Waals surface area contributed by atoms with Gasteiger partial charge in [0.15, 0.2) is 5.78 Å². The zero-order valence-electron chi connectivity index (χ0n) is 10.8. The first-order valence-electron chi connectivity index (χ1n) is 6.52. The molecule has 2 aromatic rings. The molecule has 0 spiro atoms. The van der Waals surface area contributed by atoms with Gasteiger partial charge in [0.25, 0.3) is 0 Å². The molecule has 0 fully saturated rings. The quantitative estimate of drug-likeness (QED) is 0.720. The third-order valence-electron chi connectivity index (χ3n) is 3.75. The molecule has 1 atom stereocenters. The number of aryl methyl sites for hydroxylation is 2. The Morgan fingerprint density at radius 2 is 2.05 bits per heavy atom. The maximum Gasteiger partial charge on any atom is 0.177 e. The fourth-order valence-electron chi connectivity index (χ4n) is 2.76. The molecule has 1 aromatic heterocycles. The van der Waals surface area contributed by atoms with Crippen LogP contribution < -0.4 is 0 Å². The van der Waals surface area contributed by atoms with Crippen LogP contribution in [-0.4, -0.2) is 5.78 Å². The Bertz CT molecular complexity index is 629. The molecule has 1 unspecified atom stereocenters. The van der Waals surface area contributed by atoms with E-state index in [2.05, 4.69) is 40.2 Å². The Morgan fingerprint density at radius 1 is 1.32 bits per heavy atom. The number of fused-ring (bicyclic) bond motifs is 1. The summed E-state index contributed by atoms with van der Waals surface area (Å²) in [5.74, 6) is 0.448. The molecule has 0 saturated carbocycles. The van der Waals surface area contributed by atoms with Crippen molar-refractivity contribution in [2.45, 2.75) is 26.2 Å². The van der Waals surface area contributed by atoms with Gasteiger partial charge in [0, 0.05) is 15.3 Å². The van der Waals surface area contributed by atoms with E-state index in [4.69, 9.17) is 0 Å². The SMILES string of the molecule is Cc1cc(Br)c(C(=O)C2CCc3ccccc3C2)s1. The molecule has 0 bridgehead atoms. The first kappa shape index (κ1) is 13.1. The molecule has 1 aromatic carbocycles. The fourth-order valence-corrected chi connectivity index (χ4v) is 4.61. The molecular formula is C16H15BrOS. The minimum atomic E-state index is 0.143. The number of carbonyl (C=O) groups excluding carboxylic acids is 1. The number of rotatable bonds is 2. The maximum absolute atomic E-state index is 12.6. The van der Waals surface area contributed by atoms with Gasteiger partial charge < -0.3 is 0 Å². The zero-order valence-corrected chi connectivity index (χ0v) is 13.2. The number of hydrogen-bond donors (Lipinski definition) is 0. The Labute approximate surface area is 125 Å². The summed E-state index contributed by atoms with van der Waals surface area (Å²) in [5, 5.41) is 0. The van der Waals surface area contributed by atoms with Crippen molar-refractivity contribution in [2.24, 2.45) is 5.92 Å². The second-order valence-corrected chi connectivity index (χ2v) is 7.22. The highest BCUT2D eigenvalue weighted by Gasteiger charge is 2.27. The summed E-state index contributed by atoms with van der Waals surface area (Å²) in [6.07, 6.45) is 2.88. The van der Waals surface area contributed by atoms with Gasteiger partial charge in [-0.2, -0.15) is 0 Å². The van der Waals surface area contributed by atoms with Gasteiger partial charge >= 0.3 is 0 Å². The summed E-state index contributed by atoms with van der Waals surface area (Å²) < 4.78 is 0.957. The maximum atomic E-state index is 12.6. The molecule has 0 aliphatic heterocycles. The van der Waals surface area contributed by atoms with E-state index in [1.165, 1.54) is 16.0 Å². The number of ketones is 1. The van der Waals surface area contributed by atoms with Gasteiger partial charge in [-0.1, -0.05) is 24.3 Å². The highest BCUT2D eigenvalue weighted by Crippen LogP contribution is 2.33. The van der Waals surface area contributed by atoms with E-state index in [0.717, 1.165) is 28.6 Å². The van der Waals surface area contributed by atoms with Crippen molar-refractivity contribution >= 4 is 33.0 Å². The third-order valence-corrected chi connectivity index (χ3v) is 5.70. The summed E-state index contributed by atoms with van der Waals surface area (Å²) in [6, 6.07) is 10.5. The van der Waals surface area contributed by atoms with E-state index >= 15 is 0 Å². The van der Waals surface area contributed by atoms with Crippen molar-refractivity contribution in [3.05, 3.63) is 55.7 Å². The molecule has 0 radical (unpaired) electrons. The van der Waals surface area contributed by atoms with Gasteiger partial charge in [-0.25, -0.2) is 0 Å². The highest BCUT2D eigenvalue weighted by molar-refractivity contribution is 9.10. The third kappa shape index (κ3) is 2.54. The van der Waals surface area contributed by atoms with E-state index in [1.807, 2.05) is 13.0 Å². The van der Waals surface area contributed by atoms with E-state index < -0.39 is 0 Å². The fraction of sp³-hybridized carbons (Fsp3) is 0.312. The largest absolute Gasteiger partial charge is 0.293 e. The molecule has 98 valence electrons. The van der Waals surface area contributed by atoms with Crippen molar-refractivity contribution in [1.82, 2.24) is 0 Å². The number of halogens is 1. The van der Waals surface area contributed by atoms with Gasteiger partial charge in [0.2, 0.25) is 0 Å². The lowest BCUT2D eigenvalue weighted by Gasteiger charge is -2.23. The number of benzene rings is 1. The van der Waals surface area contributed by atoms with Crippen LogP contribution in [0, 0.1) is 12.8 Å². The standard InChI is InChI=1S/C16H15BrOS/c1-10-8-14(17)16(19-10)15(18)13-7-6-11-4-2-3-5-12(11)9-13/h2-5,8,13H,6-7,9H2,1H3. The molecule has 0 saturated heterocycles. The predicted molar refractivity (Wildman–Crippen MR) is 83.0 cm³/mol. The lowest BCUT2D eigenvalue weighted by molar-refractivity contribution is 0.0912. The first-order chi connectivity index (χ1) is 9.15. The van der Waals surface area contributed by atoms with E-state index in [-0.39, 0.29) is 5.92 Å². The van der Waals surface area contributed by atoms with Crippen molar-refractivity contribution in [3.63, 3.8) is 0 Å². The molecule has 3 rings (SSSR count). The molecule has 1 aliphatic rings. The lowest BCUT2D eigenvalue weighted by atomic mass is 9.81. The zero-order chi connectivity index (χ0) is 13.4. The molecule has 3 heteroatoms. The summed E-state index contributed by atoms with van der Waals surface area (Å²) in [6.45, 7) is 2.04. The Kier molecular flexibility index (Phi) is 3.59. The average Bonchev–Trinajstić information content (AvgIpc) is 2.76. The summed E-state index contributed by atoms with van der Waals surface area (Å²) >= 11 is 5.11. The number of hydrogen-bond acceptors (Lipinski definition) is 2. The number of thiophene rings is 1. The smallest absolute Gasteiger partial charge is 0.177 e. The lowest BCUT2D eigenvalue weighted by Crippen LogP contribution is -2.22. The molecule has 19 heavy (non-hydrogen) atoms. The molecular weight excluding hydrogens is 320 g/mol. The second-order valence-electron chi connectivity index (χ2n) is 5.11. The molecule has 1 heterocycles. The molecule has 0 amide bonds. The van der Waals surface area contributed by atoms with Crippen LogP contribution in [0.15, 0.2) is 34.8 Å². The van der Waals surface area contributed by atoms with Gasteiger partial charge in [0.1, 0.15) is 0 Å². The Hall–Kier alpha value is -0.930. The molecule has 0 N–H and O–H groups in total. The Morgan fingerprint density at radius 3 is 2.74 bits per heavy atom. The minimum Gasteiger partial charge on any atom is -0.293 e. The van der Waals surface area contributed by atoms with Gasteiger partial charge in [-0.15, -0.1) is 11.3 Å². The van der Waals surface area contributed by atoms with Gasteiger partial charge in [-0.3, -0.25) is 4.79 Å². The van der Waals surface area contributed by atoms with Crippen LogP contribution in [0.3, 0.4) is 0 Å². The number of Topliss-reactive ketones (excluding diaryl/α,β-unsaturated/α-hetero) is 1. The van der Waals surface area contributed by atoms with Crippen LogP contribution in [0.1, 0.15) is 32.1 Å². The van der Waals surface area contributed by atoms with Crippen molar-refractivity contribution < 1.29 is 4.79 Å². The van der Waals surface area contributed by atoms with Crippen LogP contribution in [0.5, 0.6) is 0 Å². The minimum absolute atomic E-state index is 0.143. The topological polar surface area (TPSA) is 17.1 Å². The second kappa shape index (κ2) is 5.22. The highest BCUT2D eigenvalue weighted by atomic mass is 79.9. The number of carbonyl (C=O) groups is 1. The van der Waals surface area contributed by atoms with E-state index in [1.54, 1.807) is 11.3 Å². The van der Waals surface area contributed by atoms with Crippen molar-refractivity contribution in [1.29, 1.82) is 0 Å². The van der Waals surface area contributed by atoms with Crippen LogP contribution in [-0.2, 0) is 12.8 Å². The van der Waals surface area contributed by atoms with Gasteiger partial charge in [0.05, 0.1) is 4.88 Å².